The molecule has 178 valence electrons. The van der Waals surface area contributed by atoms with Crippen molar-refractivity contribution >= 4 is 17.5 Å². The number of carbonyl (C=O) groups excluding carboxylic acids is 2. The van der Waals surface area contributed by atoms with Gasteiger partial charge in [0.2, 0.25) is 0 Å². The van der Waals surface area contributed by atoms with Gasteiger partial charge in [-0.3, -0.25) is 9.69 Å². The van der Waals surface area contributed by atoms with Crippen molar-refractivity contribution in [2.24, 2.45) is 5.92 Å². The van der Waals surface area contributed by atoms with Gasteiger partial charge in [-0.2, -0.15) is 26.3 Å². The monoisotopic (exact) mass is 473 g/mol. The number of hydrogen-bond donors (Lipinski definition) is 0. The highest BCUT2D eigenvalue weighted by molar-refractivity contribution is 5.97. The molecule has 0 radical (unpaired) electrons. The van der Waals surface area contributed by atoms with Crippen molar-refractivity contribution in [3.05, 3.63) is 59.4 Å². The quantitative estimate of drug-likeness (QED) is 0.542. The summed E-state index contributed by atoms with van der Waals surface area (Å²) in [7, 11) is 0. The third-order valence-electron chi connectivity index (χ3n) is 5.42. The van der Waals surface area contributed by atoms with Gasteiger partial charge in [0.1, 0.15) is 5.69 Å². The van der Waals surface area contributed by atoms with Crippen LogP contribution in [0.1, 0.15) is 30.7 Å². The number of pyridine rings is 1. The number of amides is 2. The van der Waals surface area contributed by atoms with Gasteiger partial charge < -0.3 is 4.90 Å². The van der Waals surface area contributed by atoms with Crippen LogP contribution < -0.4 is 4.90 Å². The van der Waals surface area contributed by atoms with Gasteiger partial charge in [0, 0.05) is 13.0 Å². The minimum atomic E-state index is -4.63. The van der Waals surface area contributed by atoms with Crippen molar-refractivity contribution in [3.63, 3.8) is 0 Å². The van der Waals surface area contributed by atoms with Gasteiger partial charge >= 0.3 is 18.4 Å². The van der Waals surface area contributed by atoms with Crippen molar-refractivity contribution in [1.29, 1.82) is 0 Å². The molecule has 3 rings (SSSR count). The summed E-state index contributed by atoms with van der Waals surface area (Å²) >= 11 is 0. The molecule has 2 aromatic rings. The highest BCUT2D eigenvalue weighted by atomic mass is 19.4. The van der Waals surface area contributed by atoms with Crippen LogP contribution in [0.2, 0.25) is 0 Å². The Morgan fingerprint density at radius 1 is 1.06 bits per heavy atom. The maximum absolute atomic E-state index is 13.2. The van der Waals surface area contributed by atoms with Gasteiger partial charge in [-0.1, -0.05) is 32.0 Å². The third-order valence-corrected chi connectivity index (χ3v) is 5.42. The number of Topliss-reactive ketones (excluding diaryl/α,β-unsaturated/α-hetero) is 1. The third kappa shape index (κ3) is 5.45. The molecule has 1 aliphatic heterocycles. The summed E-state index contributed by atoms with van der Waals surface area (Å²) in [6.45, 7) is 3.31. The fraction of sp³-hybridized carbons (Fsp3) is 0.409. The molecule has 1 aromatic carbocycles. The molecule has 0 N–H and O–H groups in total. The zero-order valence-corrected chi connectivity index (χ0v) is 17.7. The van der Waals surface area contributed by atoms with Gasteiger partial charge in [-0.05, 0) is 29.7 Å². The number of ketones is 1. The van der Waals surface area contributed by atoms with Crippen LogP contribution in [0.5, 0.6) is 0 Å². The molecule has 0 bridgehead atoms. The fourth-order valence-electron chi connectivity index (χ4n) is 3.75. The van der Waals surface area contributed by atoms with Crippen molar-refractivity contribution in [1.82, 2.24) is 9.88 Å². The first-order valence-corrected chi connectivity index (χ1v) is 10.1. The summed E-state index contributed by atoms with van der Waals surface area (Å²) in [6, 6.07) is 5.53. The normalized spacial score (nSPS) is 17.2. The Morgan fingerprint density at radius 3 is 2.27 bits per heavy atom. The number of carbonyl (C=O) groups is 2. The molecule has 2 amide bonds. The Bertz CT molecular complexity index is 1020. The first-order valence-electron chi connectivity index (χ1n) is 10.1. The Balaban J connectivity index is 1.79. The van der Waals surface area contributed by atoms with Crippen molar-refractivity contribution in [2.75, 3.05) is 18.0 Å². The number of rotatable bonds is 6. The molecule has 1 aliphatic rings. The molecule has 33 heavy (non-hydrogen) atoms. The standard InChI is InChI=1S/C22H21F6N3O2/c1-13(2)18-12-30(15-7-8-19(29-10-15)22(26,27)28)20(33)31(18)11-16(32)9-14-5-3-4-6-17(14)21(23,24)25/h3-8,10,13,18H,9,11-12H2,1-2H3/t18-/m1/s1. The molecular weight excluding hydrogens is 452 g/mol. The Morgan fingerprint density at radius 2 is 1.73 bits per heavy atom. The predicted octanol–water partition coefficient (Wildman–Crippen LogP) is 5.20. The molecule has 0 saturated carbocycles. The Hall–Kier alpha value is -3.11. The van der Waals surface area contributed by atoms with E-state index >= 15 is 0 Å². The lowest BCUT2D eigenvalue weighted by Gasteiger charge is -2.25. The first-order chi connectivity index (χ1) is 15.3. The zero-order chi connectivity index (χ0) is 24.6. The molecule has 0 aliphatic carbocycles. The number of nitrogens with zero attached hydrogens (tertiary/aromatic N) is 3. The van der Waals surface area contributed by atoms with Crippen LogP contribution in [0.15, 0.2) is 42.6 Å². The summed E-state index contributed by atoms with van der Waals surface area (Å²) in [5.41, 5.74) is -2.07. The molecule has 0 spiro atoms. The number of anilines is 1. The molecule has 1 atom stereocenters. The summed E-state index contributed by atoms with van der Waals surface area (Å²) in [5.74, 6) is -0.699. The molecule has 1 saturated heterocycles. The molecule has 2 heterocycles. The number of urea groups is 1. The van der Waals surface area contributed by atoms with E-state index in [2.05, 4.69) is 4.98 Å². The van der Waals surface area contributed by atoms with Crippen molar-refractivity contribution in [2.45, 2.75) is 38.7 Å². The van der Waals surface area contributed by atoms with Crippen molar-refractivity contribution < 1.29 is 35.9 Å². The maximum Gasteiger partial charge on any atom is 0.433 e. The number of hydrogen-bond acceptors (Lipinski definition) is 3. The lowest BCUT2D eigenvalue weighted by molar-refractivity contribution is -0.141. The van der Waals surface area contributed by atoms with E-state index in [9.17, 15) is 35.9 Å². The maximum atomic E-state index is 13.2. The van der Waals surface area contributed by atoms with Crippen LogP contribution in [-0.4, -0.2) is 40.8 Å². The van der Waals surface area contributed by atoms with Gasteiger partial charge in [-0.25, -0.2) is 9.78 Å². The highest BCUT2D eigenvalue weighted by Gasteiger charge is 2.41. The van der Waals surface area contributed by atoms with E-state index in [1.54, 1.807) is 0 Å². The van der Waals surface area contributed by atoms with Gasteiger partial charge in [0.05, 0.1) is 30.0 Å². The van der Waals surface area contributed by atoms with E-state index in [1.165, 1.54) is 28.0 Å². The zero-order valence-electron chi connectivity index (χ0n) is 17.7. The van der Waals surface area contributed by atoms with Crippen LogP contribution in [-0.2, 0) is 23.6 Å². The van der Waals surface area contributed by atoms with Crippen LogP contribution in [0.25, 0.3) is 0 Å². The first kappa shape index (κ1) is 24.5. The molecule has 0 unspecified atom stereocenters. The van der Waals surface area contributed by atoms with Crippen LogP contribution in [0, 0.1) is 5.92 Å². The minimum absolute atomic E-state index is 0.107. The fourth-order valence-corrected chi connectivity index (χ4v) is 3.75. The summed E-state index contributed by atoms with van der Waals surface area (Å²) in [6.07, 6.45) is -8.82. The van der Waals surface area contributed by atoms with E-state index in [0.29, 0.717) is 0 Å². The van der Waals surface area contributed by atoms with Gasteiger partial charge in [0.15, 0.2) is 5.78 Å². The van der Waals surface area contributed by atoms with Gasteiger partial charge in [0.25, 0.3) is 0 Å². The summed E-state index contributed by atoms with van der Waals surface area (Å²) in [4.78, 5) is 31.5. The van der Waals surface area contributed by atoms with Crippen LogP contribution >= 0.6 is 0 Å². The number of halogens is 6. The Kier molecular flexibility index (Phi) is 6.71. The topological polar surface area (TPSA) is 53.5 Å². The second-order valence-corrected chi connectivity index (χ2v) is 8.10. The van der Waals surface area contributed by atoms with E-state index in [1.807, 2.05) is 13.8 Å². The lowest BCUT2D eigenvalue weighted by Crippen LogP contribution is -2.41. The number of benzene rings is 1. The summed E-state index contributed by atoms with van der Waals surface area (Å²) < 4.78 is 78.0. The SMILES string of the molecule is CC(C)[C@H]1CN(c2ccc(C(F)(F)F)nc2)C(=O)N1CC(=O)Cc1ccccc1C(F)(F)F. The predicted molar refractivity (Wildman–Crippen MR) is 107 cm³/mol. The summed E-state index contributed by atoms with van der Waals surface area (Å²) in [5, 5.41) is 0. The van der Waals surface area contributed by atoms with E-state index in [4.69, 9.17) is 0 Å². The second-order valence-electron chi connectivity index (χ2n) is 8.10. The second kappa shape index (κ2) is 9.03. The van der Waals surface area contributed by atoms with Gasteiger partial charge in [-0.15, -0.1) is 0 Å². The van der Waals surface area contributed by atoms with Crippen LogP contribution in [0.4, 0.5) is 36.8 Å². The van der Waals surface area contributed by atoms with E-state index in [-0.39, 0.29) is 23.7 Å². The average molecular weight is 473 g/mol. The molecule has 11 heteroatoms. The average Bonchev–Trinajstić information content (AvgIpc) is 3.03. The molecule has 1 aromatic heterocycles. The largest absolute Gasteiger partial charge is 0.433 e. The van der Waals surface area contributed by atoms with Crippen LogP contribution in [0.3, 0.4) is 0 Å². The molecule has 5 nitrogen and oxygen atoms in total. The molecular formula is C22H21F6N3O2. The number of alkyl halides is 6. The molecule has 1 fully saturated rings. The lowest BCUT2D eigenvalue weighted by atomic mass is 10.0. The Labute approximate surface area is 186 Å². The number of aromatic nitrogens is 1. The highest BCUT2D eigenvalue weighted by Crippen LogP contribution is 2.33. The van der Waals surface area contributed by atoms with Crippen molar-refractivity contribution in [3.8, 4) is 0 Å². The smallest absolute Gasteiger partial charge is 0.312 e. The van der Waals surface area contributed by atoms with E-state index < -0.39 is 54.4 Å². The minimum Gasteiger partial charge on any atom is -0.312 e. The van der Waals surface area contributed by atoms with E-state index in [0.717, 1.165) is 24.4 Å².